The van der Waals surface area contributed by atoms with Gasteiger partial charge >= 0.3 is 0 Å². The van der Waals surface area contributed by atoms with Gasteiger partial charge in [-0.1, -0.05) is 35.5 Å². The molecule has 2 rings (SSSR count). The lowest BCUT2D eigenvalue weighted by Crippen LogP contribution is -1.87. The third-order valence-electron chi connectivity index (χ3n) is 2.40. The number of aliphatic hydroxyl groups is 1. The molecule has 0 fully saturated rings. The number of aryl methyl sites for hydroxylation is 1. The second-order valence-electron chi connectivity index (χ2n) is 3.84. The largest absolute Gasteiger partial charge is 0.392 e. The Morgan fingerprint density at radius 3 is 2.65 bits per heavy atom. The topological polar surface area (TPSA) is 20.2 Å². The lowest BCUT2D eigenvalue weighted by Gasteiger charge is -2.05. The van der Waals surface area contributed by atoms with Crippen molar-refractivity contribution in [3.05, 3.63) is 59.4 Å². The van der Waals surface area contributed by atoms with Crippen LogP contribution in [0.5, 0.6) is 0 Å². The van der Waals surface area contributed by atoms with Crippen LogP contribution in [0, 0.1) is 12.7 Å². The predicted molar refractivity (Wildman–Crippen MR) is 67.6 cm³/mol. The standard InChI is InChI=1S/C14H13FOS/c1-10-3-2-4-12(7-10)17-14-6-5-11(9-16)8-13(14)15/h2-8,16H,9H2,1H3. The molecule has 1 nitrogen and oxygen atoms in total. The molecule has 0 saturated carbocycles. The van der Waals surface area contributed by atoms with Crippen LogP contribution >= 0.6 is 11.8 Å². The van der Waals surface area contributed by atoms with E-state index in [4.69, 9.17) is 5.11 Å². The normalized spacial score (nSPS) is 10.5. The van der Waals surface area contributed by atoms with Crippen LogP contribution in [-0.2, 0) is 6.61 Å². The number of hydrogen-bond acceptors (Lipinski definition) is 2. The van der Waals surface area contributed by atoms with E-state index in [1.54, 1.807) is 12.1 Å². The van der Waals surface area contributed by atoms with Crippen LogP contribution < -0.4 is 0 Å². The average Bonchev–Trinajstić information content (AvgIpc) is 2.32. The fourth-order valence-corrected chi connectivity index (χ4v) is 2.47. The zero-order valence-electron chi connectivity index (χ0n) is 9.48. The molecule has 2 aromatic carbocycles. The van der Waals surface area contributed by atoms with E-state index in [1.165, 1.54) is 17.8 Å². The number of hydrogen-bond donors (Lipinski definition) is 1. The molecule has 2 aromatic rings. The van der Waals surface area contributed by atoms with Gasteiger partial charge in [-0.05, 0) is 36.8 Å². The first kappa shape index (κ1) is 12.1. The third kappa shape index (κ3) is 3.08. The number of rotatable bonds is 3. The molecular weight excluding hydrogens is 235 g/mol. The fourth-order valence-electron chi connectivity index (χ4n) is 1.53. The Morgan fingerprint density at radius 2 is 2.00 bits per heavy atom. The first-order valence-corrected chi connectivity index (χ1v) is 6.14. The van der Waals surface area contributed by atoms with Gasteiger partial charge in [-0.25, -0.2) is 4.39 Å². The Bertz CT molecular complexity index is 525. The van der Waals surface area contributed by atoms with Crippen molar-refractivity contribution in [2.45, 2.75) is 23.3 Å². The summed E-state index contributed by atoms with van der Waals surface area (Å²) in [6.07, 6.45) is 0. The SMILES string of the molecule is Cc1cccc(Sc2ccc(CO)cc2F)c1. The van der Waals surface area contributed by atoms with Crippen molar-refractivity contribution < 1.29 is 9.50 Å². The van der Waals surface area contributed by atoms with Crippen LogP contribution in [0.4, 0.5) is 4.39 Å². The second kappa shape index (κ2) is 5.34. The molecule has 0 amide bonds. The molecule has 88 valence electrons. The van der Waals surface area contributed by atoms with Crippen molar-refractivity contribution in [2.75, 3.05) is 0 Å². The highest BCUT2D eigenvalue weighted by Crippen LogP contribution is 2.30. The van der Waals surface area contributed by atoms with Gasteiger partial charge in [0.05, 0.1) is 6.61 Å². The lowest BCUT2D eigenvalue weighted by atomic mass is 10.2. The summed E-state index contributed by atoms with van der Waals surface area (Å²) in [6, 6.07) is 12.8. The Hall–Kier alpha value is -1.32. The smallest absolute Gasteiger partial charge is 0.137 e. The lowest BCUT2D eigenvalue weighted by molar-refractivity contribution is 0.281. The first-order chi connectivity index (χ1) is 8.19. The molecule has 0 heterocycles. The molecule has 0 aliphatic heterocycles. The number of halogens is 1. The monoisotopic (exact) mass is 248 g/mol. The molecule has 1 N–H and O–H groups in total. The summed E-state index contributed by atoms with van der Waals surface area (Å²) >= 11 is 1.39. The minimum atomic E-state index is -0.289. The Kier molecular flexibility index (Phi) is 3.82. The summed E-state index contributed by atoms with van der Waals surface area (Å²) in [4.78, 5) is 1.59. The van der Waals surface area contributed by atoms with Gasteiger partial charge in [-0.2, -0.15) is 0 Å². The van der Waals surface area contributed by atoms with E-state index in [2.05, 4.69) is 0 Å². The van der Waals surface area contributed by atoms with Crippen LogP contribution in [0.3, 0.4) is 0 Å². The van der Waals surface area contributed by atoms with E-state index in [1.807, 2.05) is 31.2 Å². The van der Waals surface area contributed by atoms with E-state index in [9.17, 15) is 4.39 Å². The first-order valence-electron chi connectivity index (χ1n) is 5.33. The summed E-state index contributed by atoms with van der Waals surface area (Å²) in [7, 11) is 0. The zero-order valence-corrected chi connectivity index (χ0v) is 10.3. The van der Waals surface area contributed by atoms with Crippen molar-refractivity contribution in [1.82, 2.24) is 0 Å². The average molecular weight is 248 g/mol. The fraction of sp³-hybridized carbons (Fsp3) is 0.143. The maximum Gasteiger partial charge on any atom is 0.137 e. The van der Waals surface area contributed by atoms with E-state index in [0.717, 1.165) is 10.5 Å². The number of benzene rings is 2. The quantitative estimate of drug-likeness (QED) is 0.892. The molecule has 0 aromatic heterocycles. The van der Waals surface area contributed by atoms with Gasteiger partial charge in [0.25, 0.3) is 0 Å². The zero-order chi connectivity index (χ0) is 12.3. The minimum Gasteiger partial charge on any atom is -0.392 e. The summed E-state index contributed by atoms with van der Waals surface area (Å²) in [6.45, 7) is 1.88. The highest BCUT2D eigenvalue weighted by molar-refractivity contribution is 7.99. The Labute approximate surface area is 104 Å². The molecule has 0 unspecified atom stereocenters. The van der Waals surface area contributed by atoms with Crippen LogP contribution in [0.1, 0.15) is 11.1 Å². The third-order valence-corrected chi connectivity index (χ3v) is 3.44. The minimum absolute atomic E-state index is 0.133. The van der Waals surface area contributed by atoms with Gasteiger partial charge in [0.2, 0.25) is 0 Å². The van der Waals surface area contributed by atoms with Crippen LogP contribution in [0.15, 0.2) is 52.3 Å². The van der Waals surface area contributed by atoms with Gasteiger partial charge in [0, 0.05) is 9.79 Å². The number of aliphatic hydroxyl groups excluding tert-OH is 1. The molecule has 0 bridgehead atoms. The molecule has 0 aliphatic rings. The highest BCUT2D eigenvalue weighted by Gasteiger charge is 2.05. The summed E-state index contributed by atoms with van der Waals surface area (Å²) in [5, 5.41) is 8.91. The van der Waals surface area contributed by atoms with E-state index >= 15 is 0 Å². The summed E-state index contributed by atoms with van der Waals surface area (Å²) < 4.78 is 13.7. The van der Waals surface area contributed by atoms with Crippen molar-refractivity contribution in [3.63, 3.8) is 0 Å². The van der Waals surface area contributed by atoms with Gasteiger partial charge in [-0.15, -0.1) is 0 Å². The molecule has 0 radical (unpaired) electrons. The van der Waals surface area contributed by atoms with Gasteiger partial charge in [0.15, 0.2) is 0 Å². The predicted octanol–water partition coefficient (Wildman–Crippen LogP) is 3.78. The summed E-state index contributed by atoms with van der Waals surface area (Å²) in [5.74, 6) is -0.289. The molecule has 17 heavy (non-hydrogen) atoms. The van der Waals surface area contributed by atoms with Crippen LogP contribution in [0.2, 0.25) is 0 Å². The van der Waals surface area contributed by atoms with Gasteiger partial charge in [0.1, 0.15) is 5.82 Å². The van der Waals surface area contributed by atoms with Gasteiger partial charge < -0.3 is 5.11 Å². The maximum atomic E-state index is 13.7. The van der Waals surface area contributed by atoms with Crippen molar-refractivity contribution >= 4 is 11.8 Å². The van der Waals surface area contributed by atoms with Crippen molar-refractivity contribution in [1.29, 1.82) is 0 Å². The van der Waals surface area contributed by atoms with Crippen molar-refractivity contribution in [3.8, 4) is 0 Å². The van der Waals surface area contributed by atoms with Crippen LogP contribution in [0.25, 0.3) is 0 Å². The van der Waals surface area contributed by atoms with E-state index in [0.29, 0.717) is 10.5 Å². The Morgan fingerprint density at radius 1 is 1.18 bits per heavy atom. The maximum absolute atomic E-state index is 13.7. The second-order valence-corrected chi connectivity index (χ2v) is 4.96. The van der Waals surface area contributed by atoms with E-state index < -0.39 is 0 Å². The molecule has 0 aliphatic carbocycles. The highest BCUT2D eigenvalue weighted by atomic mass is 32.2. The van der Waals surface area contributed by atoms with Gasteiger partial charge in [-0.3, -0.25) is 0 Å². The van der Waals surface area contributed by atoms with Crippen LogP contribution in [-0.4, -0.2) is 5.11 Å². The molecule has 0 saturated heterocycles. The molecule has 0 spiro atoms. The van der Waals surface area contributed by atoms with E-state index in [-0.39, 0.29) is 12.4 Å². The molecule has 3 heteroatoms. The Balaban J connectivity index is 2.24. The molecular formula is C14H13FOS. The van der Waals surface area contributed by atoms with Crippen molar-refractivity contribution in [2.24, 2.45) is 0 Å². The summed E-state index contributed by atoms with van der Waals surface area (Å²) in [5.41, 5.74) is 1.75. The molecule has 0 atom stereocenters.